The average Bonchev–Trinajstić information content (AvgIpc) is 2.96. The van der Waals surface area contributed by atoms with Crippen molar-refractivity contribution in [2.75, 3.05) is 0 Å². The van der Waals surface area contributed by atoms with Gasteiger partial charge in [0.1, 0.15) is 8.07 Å². The first-order valence-corrected chi connectivity index (χ1v) is 12.7. The number of benzene rings is 1. The van der Waals surface area contributed by atoms with Crippen LogP contribution in [-0.2, 0) is 13.0 Å². The Morgan fingerprint density at radius 1 is 1.19 bits per heavy atom. The van der Waals surface area contributed by atoms with Gasteiger partial charge in [-0.2, -0.15) is 0 Å². The number of fused-ring (bicyclic) bond motifs is 1. The van der Waals surface area contributed by atoms with E-state index in [1.807, 2.05) is 22.9 Å². The second-order valence-corrected chi connectivity index (χ2v) is 13.7. The van der Waals surface area contributed by atoms with Gasteiger partial charge in [0.15, 0.2) is 5.69 Å². The van der Waals surface area contributed by atoms with Gasteiger partial charge in [-0.15, -0.1) is 10.6 Å². The summed E-state index contributed by atoms with van der Waals surface area (Å²) in [6.45, 7) is 13.4. The molecule has 0 saturated carbocycles. The highest BCUT2D eigenvalue weighted by Gasteiger charge is 2.31. The van der Waals surface area contributed by atoms with Crippen molar-refractivity contribution in [2.24, 2.45) is 10.4 Å². The quantitative estimate of drug-likeness (QED) is 0.591. The van der Waals surface area contributed by atoms with E-state index in [-0.39, 0.29) is 11.3 Å². The van der Waals surface area contributed by atoms with Gasteiger partial charge in [-0.1, -0.05) is 69.7 Å². The second kappa shape index (κ2) is 6.89. The summed E-state index contributed by atoms with van der Waals surface area (Å²) in [6, 6.07) is 8.11. The highest BCUT2D eigenvalue weighted by molar-refractivity contribution is 6.83. The smallest absolute Gasteiger partial charge is 0.265 e. The van der Waals surface area contributed by atoms with Crippen molar-refractivity contribution in [1.29, 1.82) is 0 Å². The van der Waals surface area contributed by atoms with Crippen LogP contribution in [0.3, 0.4) is 0 Å². The van der Waals surface area contributed by atoms with E-state index in [9.17, 15) is 4.79 Å². The molecule has 140 valence electrons. The molecule has 3 rings (SSSR count). The monoisotopic (exact) mass is 378 g/mol. The summed E-state index contributed by atoms with van der Waals surface area (Å²) in [5.41, 5.74) is 7.44. The van der Waals surface area contributed by atoms with Crippen molar-refractivity contribution in [3.8, 4) is 11.5 Å². The van der Waals surface area contributed by atoms with Crippen LogP contribution in [0.15, 0.2) is 29.3 Å². The lowest BCUT2D eigenvalue weighted by Gasteiger charge is -2.24. The van der Waals surface area contributed by atoms with Crippen LogP contribution in [-0.4, -0.2) is 34.7 Å². The molecule has 1 aromatic heterocycles. The molecule has 0 bridgehead atoms. The number of hydrogen-bond acceptors (Lipinski definition) is 3. The Bertz CT molecular complexity index is 978. The molecule has 2 heterocycles. The Kier molecular flexibility index (Phi) is 4.91. The SMILES string of the molecule is CC(C)(C)C1=NC(=O)c2nnn(Cc3ccccc3C#C[Si](C)(C)C)c2C1. The van der Waals surface area contributed by atoms with Gasteiger partial charge in [0, 0.05) is 23.1 Å². The molecule has 1 aliphatic rings. The van der Waals surface area contributed by atoms with Crippen LogP contribution in [0.1, 0.15) is 48.1 Å². The number of nitrogens with zero attached hydrogens (tertiary/aromatic N) is 4. The molecule has 27 heavy (non-hydrogen) atoms. The Labute approximate surface area is 161 Å². The lowest BCUT2D eigenvalue weighted by atomic mass is 9.85. The van der Waals surface area contributed by atoms with E-state index in [2.05, 4.69) is 73.2 Å². The van der Waals surface area contributed by atoms with Gasteiger partial charge in [0.2, 0.25) is 0 Å². The average molecular weight is 379 g/mol. The van der Waals surface area contributed by atoms with E-state index in [0.717, 1.165) is 22.5 Å². The second-order valence-electron chi connectivity index (χ2n) is 8.99. The van der Waals surface area contributed by atoms with Crippen molar-refractivity contribution < 1.29 is 4.79 Å². The molecule has 0 fully saturated rings. The molecule has 1 amide bonds. The topological polar surface area (TPSA) is 60.1 Å². The first-order valence-electron chi connectivity index (χ1n) is 9.20. The van der Waals surface area contributed by atoms with E-state index in [4.69, 9.17) is 0 Å². The number of carbonyl (C=O) groups is 1. The Morgan fingerprint density at radius 3 is 2.56 bits per heavy atom. The summed E-state index contributed by atoms with van der Waals surface area (Å²) in [5.74, 6) is 3.05. The zero-order chi connectivity index (χ0) is 19.8. The summed E-state index contributed by atoms with van der Waals surface area (Å²) >= 11 is 0. The largest absolute Gasteiger partial charge is 0.299 e. The summed E-state index contributed by atoms with van der Waals surface area (Å²) in [6.07, 6.45) is 0.598. The fourth-order valence-corrected chi connectivity index (χ4v) is 3.31. The minimum atomic E-state index is -1.46. The lowest BCUT2D eigenvalue weighted by molar-refractivity contribution is 0.0993. The predicted octanol–water partition coefficient (Wildman–Crippen LogP) is 3.74. The number of hydrogen-bond donors (Lipinski definition) is 0. The molecule has 0 unspecified atom stereocenters. The maximum atomic E-state index is 12.4. The van der Waals surface area contributed by atoms with Gasteiger partial charge in [-0.25, -0.2) is 9.67 Å². The number of aromatic nitrogens is 3. The van der Waals surface area contributed by atoms with Crippen LogP contribution < -0.4 is 0 Å². The van der Waals surface area contributed by atoms with Gasteiger partial charge in [-0.3, -0.25) is 4.79 Å². The highest BCUT2D eigenvalue weighted by Crippen LogP contribution is 2.25. The fraction of sp³-hybridized carbons (Fsp3) is 0.429. The number of amides is 1. The van der Waals surface area contributed by atoms with Gasteiger partial charge in [0.25, 0.3) is 5.91 Å². The fourth-order valence-electron chi connectivity index (χ4n) is 2.80. The van der Waals surface area contributed by atoms with Gasteiger partial charge in [-0.05, 0) is 11.6 Å². The van der Waals surface area contributed by atoms with Crippen LogP contribution in [0.5, 0.6) is 0 Å². The number of carbonyl (C=O) groups excluding carboxylic acids is 1. The third-order valence-electron chi connectivity index (χ3n) is 4.39. The molecule has 6 heteroatoms. The van der Waals surface area contributed by atoms with Crippen molar-refractivity contribution in [3.05, 3.63) is 46.8 Å². The zero-order valence-corrected chi connectivity index (χ0v) is 17.9. The molecule has 1 aromatic carbocycles. The van der Waals surface area contributed by atoms with E-state index >= 15 is 0 Å². The Hall–Kier alpha value is -2.52. The summed E-state index contributed by atoms with van der Waals surface area (Å²) in [5, 5.41) is 8.34. The van der Waals surface area contributed by atoms with Crippen LogP contribution in [0.2, 0.25) is 19.6 Å². The maximum absolute atomic E-state index is 12.4. The molecule has 1 aliphatic heterocycles. The van der Waals surface area contributed by atoms with Gasteiger partial charge >= 0.3 is 0 Å². The van der Waals surface area contributed by atoms with Crippen LogP contribution >= 0.6 is 0 Å². The molecule has 0 atom stereocenters. The molecular formula is C21H26N4OSi. The van der Waals surface area contributed by atoms with E-state index in [1.165, 1.54) is 0 Å². The first-order chi connectivity index (χ1) is 12.5. The zero-order valence-electron chi connectivity index (χ0n) is 16.9. The molecule has 0 saturated heterocycles. The minimum Gasteiger partial charge on any atom is -0.265 e. The molecule has 0 radical (unpaired) electrons. The van der Waals surface area contributed by atoms with Gasteiger partial charge in [0.05, 0.1) is 12.2 Å². The maximum Gasteiger partial charge on any atom is 0.299 e. The lowest BCUT2D eigenvalue weighted by Crippen LogP contribution is -2.29. The van der Waals surface area contributed by atoms with Crippen LogP contribution in [0, 0.1) is 16.9 Å². The first kappa shape index (κ1) is 19.2. The van der Waals surface area contributed by atoms with Gasteiger partial charge < -0.3 is 0 Å². The summed E-state index contributed by atoms with van der Waals surface area (Å²) in [7, 11) is -1.46. The van der Waals surface area contributed by atoms with E-state index < -0.39 is 8.07 Å². The molecular weight excluding hydrogens is 352 g/mol. The molecule has 2 aromatic rings. The Balaban J connectivity index is 1.95. The third-order valence-corrected chi connectivity index (χ3v) is 5.26. The predicted molar refractivity (Wildman–Crippen MR) is 111 cm³/mol. The third kappa shape index (κ3) is 4.42. The van der Waals surface area contributed by atoms with Crippen LogP contribution in [0.25, 0.3) is 0 Å². The van der Waals surface area contributed by atoms with Crippen molar-refractivity contribution in [3.63, 3.8) is 0 Å². The molecule has 5 nitrogen and oxygen atoms in total. The minimum absolute atomic E-state index is 0.164. The number of aliphatic imine (C=N–C) groups is 1. The summed E-state index contributed by atoms with van der Waals surface area (Å²) in [4.78, 5) is 16.6. The molecule has 0 spiro atoms. The summed E-state index contributed by atoms with van der Waals surface area (Å²) < 4.78 is 1.82. The van der Waals surface area contributed by atoms with E-state index in [1.54, 1.807) is 0 Å². The van der Waals surface area contributed by atoms with E-state index in [0.29, 0.717) is 18.7 Å². The van der Waals surface area contributed by atoms with Crippen LogP contribution in [0.4, 0.5) is 0 Å². The Morgan fingerprint density at radius 2 is 1.89 bits per heavy atom. The highest BCUT2D eigenvalue weighted by atomic mass is 28.3. The number of rotatable bonds is 2. The molecule has 0 aliphatic carbocycles. The van der Waals surface area contributed by atoms with Crippen molar-refractivity contribution in [2.45, 2.75) is 53.4 Å². The van der Waals surface area contributed by atoms with Crippen molar-refractivity contribution in [1.82, 2.24) is 15.0 Å². The normalized spacial score (nSPS) is 14.3. The standard InChI is InChI=1S/C21H26N4OSi/c1-21(2,3)18-13-17-19(20(26)22-18)23-24-25(17)14-16-10-8-7-9-15(16)11-12-27(4,5)6/h7-10H,13-14H2,1-6H3. The van der Waals surface area contributed by atoms with Crippen molar-refractivity contribution >= 4 is 19.7 Å². The molecule has 0 N–H and O–H groups in total.